The van der Waals surface area contributed by atoms with E-state index >= 15 is 0 Å². The Morgan fingerprint density at radius 1 is 1.02 bits per heavy atom. The summed E-state index contributed by atoms with van der Waals surface area (Å²) in [6.45, 7) is 7.60. The van der Waals surface area contributed by atoms with Crippen LogP contribution in [0, 0.1) is 5.92 Å². The number of ketones is 2. The fourth-order valence-electron chi connectivity index (χ4n) is 4.42. The van der Waals surface area contributed by atoms with Crippen molar-refractivity contribution in [3.8, 4) is 0 Å². The van der Waals surface area contributed by atoms with E-state index < -0.39 is 11.9 Å². The molecule has 0 aliphatic heterocycles. The normalized spacial score (nSPS) is 12.1. The highest BCUT2D eigenvalue weighted by molar-refractivity contribution is 5.87. The molecule has 1 heterocycles. The Morgan fingerprint density at radius 2 is 1.75 bits per heavy atom. The number of ether oxygens (including phenoxy) is 2. The molecule has 0 aliphatic carbocycles. The number of amides is 1. The Balaban J connectivity index is 1.84. The number of carboxylic acid groups (broad SMARTS) is 1. The number of nitrogens with zero attached hydrogens (tertiary/aromatic N) is 2. The number of hydrogen-bond acceptors (Lipinski definition) is 7. The average Bonchev–Trinajstić information content (AvgIpc) is 3.26. The number of nitrogens with one attached hydrogen (secondary N) is 1. The van der Waals surface area contributed by atoms with Gasteiger partial charge in [-0.2, -0.15) is 0 Å². The van der Waals surface area contributed by atoms with Crippen molar-refractivity contribution < 1.29 is 33.8 Å². The van der Waals surface area contributed by atoms with Crippen LogP contribution in [0.15, 0.2) is 30.3 Å². The summed E-state index contributed by atoms with van der Waals surface area (Å²) in [4.78, 5) is 50.0. The van der Waals surface area contributed by atoms with Crippen molar-refractivity contribution in [2.24, 2.45) is 5.92 Å². The largest absolute Gasteiger partial charge is 0.481 e. The van der Waals surface area contributed by atoms with Crippen molar-refractivity contribution in [1.29, 1.82) is 0 Å². The zero-order chi connectivity index (χ0) is 29.3. The first-order valence-corrected chi connectivity index (χ1v) is 14.1. The molecule has 0 unspecified atom stereocenters. The molecule has 0 saturated heterocycles. The number of aliphatic carboxylic acids is 1. The number of hydrogen-bond donors (Lipinski definition) is 2. The highest BCUT2D eigenvalue weighted by Crippen LogP contribution is 2.22. The van der Waals surface area contributed by atoms with Crippen LogP contribution >= 0.6 is 0 Å². The molecule has 0 radical (unpaired) electrons. The summed E-state index contributed by atoms with van der Waals surface area (Å²) in [5.74, 6) is -1.98. The summed E-state index contributed by atoms with van der Waals surface area (Å²) >= 11 is 0. The van der Waals surface area contributed by atoms with Gasteiger partial charge in [0, 0.05) is 69.1 Å². The van der Waals surface area contributed by atoms with E-state index in [0.29, 0.717) is 39.2 Å². The van der Waals surface area contributed by atoms with Crippen LogP contribution in [0.25, 0.3) is 10.9 Å². The van der Waals surface area contributed by atoms with Gasteiger partial charge in [-0.3, -0.25) is 14.4 Å². The molecule has 1 aromatic carbocycles. The smallest absolute Gasteiger partial charge is 0.303 e. The van der Waals surface area contributed by atoms with Crippen LogP contribution in [0.4, 0.5) is 0 Å². The van der Waals surface area contributed by atoms with E-state index in [4.69, 9.17) is 14.6 Å². The van der Waals surface area contributed by atoms with Gasteiger partial charge in [-0.1, -0.05) is 25.1 Å². The van der Waals surface area contributed by atoms with Gasteiger partial charge in [0.05, 0.1) is 19.8 Å². The number of para-hydroxylation sites is 1. The molecule has 0 aliphatic rings. The minimum atomic E-state index is -1.000. The summed E-state index contributed by atoms with van der Waals surface area (Å²) < 4.78 is 13.0. The van der Waals surface area contributed by atoms with Gasteiger partial charge in [0.15, 0.2) is 0 Å². The van der Waals surface area contributed by atoms with Crippen molar-refractivity contribution in [3.63, 3.8) is 0 Å². The van der Waals surface area contributed by atoms with Crippen molar-refractivity contribution in [3.05, 3.63) is 36.0 Å². The Kier molecular flexibility index (Phi) is 15.2. The van der Waals surface area contributed by atoms with Crippen LogP contribution < -0.4 is 5.32 Å². The highest BCUT2D eigenvalue weighted by Gasteiger charge is 2.23. The van der Waals surface area contributed by atoms with E-state index in [2.05, 4.69) is 40.9 Å². The van der Waals surface area contributed by atoms with E-state index in [0.717, 1.165) is 29.7 Å². The molecule has 0 bridgehead atoms. The fourth-order valence-corrected chi connectivity index (χ4v) is 4.42. The number of carbonyl (C=O) groups excluding carboxylic acids is 3. The highest BCUT2D eigenvalue weighted by atomic mass is 16.5. The molecule has 222 valence electrons. The minimum Gasteiger partial charge on any atom is -0.481 e. The van der Waals surface area contributed by atoms with Crippen LogP contribution in [-0.2, 0) is 41.7 Å². The van der Waals surface area contributed by atoms with Gasteiger partial charge in [0.2, 0.25) is 5.91 Å². The molecule has 0 saturated carbocycles. The fraction of sp³-hybridized carbons (Fsp3) is 0.600. The van der Waals surface area contributed by atoms with Gasteiger partial charge in [-0.15, -0.1) is 0 Å². The van der Waals surface area contributed by atoms with Crippen molar-refractivity contribution >= 4 is 34.3 Å². The second-order valence-electron chi connectivity index (χ2n) is 10.1. The lowest BCUT2D eigenvalue weighted by atomic mass is 9.95. The molecule has 0 spiro atoms. The van der Waals surface area contributed by atoms with Crippen LogP contribution in [0.3, 0.4) is 0 Å². The number of benzene rings is 1. The third-order valence-corrected chi connectivity index (χ3v) is 6.77. The van der Waals surface area contributed by atoms with Crippen LogP contribution in [0.2, 0.25) is 0 Å². The average molecular weight is 560 g/mol. The predicted molar refractivity (Wildman–Crippen MR) is 153 cm³/mol. The van der Waals surface area contributed by atoms with E-state index in [1.165, 1.54) is 0 Å². The molecule has 1 aromatic heterocycles. The van der Waals surface area contributed by atoms with Gasteiger partial charge in [0.1, 0.15) is 11.6 Å². The SMILES string of the molecule is CCN(C)Cc1cc2ccccc2n1CCC(=O)C[C@@H](CCC(=O)O)C(=O)NCCOCCOCCCC(C)=O. The molecule has 2 rings (SSSR count). The van der Waals surface area contributed by atoms with Crippen LogP contribution in [0.1, 0.15) is 58.1 Å². The summed E-state index contributed by atoms with van der Waals surface area (Å²) in [5, 5.41) is 13.0. The summed E-state index contributed by atoms with van der Waals surface area (Å²) in [6.07, 6.45) is 1.35. The molecule has 2 aromatic rings. The summed E-state index contributed by atoms with van der Waals surface area (Å²) in [5.41, 5.74) is 2.19. The Bertz CT molecular complexity index is 1100. The number of Topliss-reactive ketones (excluding diaryl/α,β-unsaturated/α-hetero) is 2. The molecule has 1 atom stereocenters. The number of fused-ring (bicyclic) bond motifs is 1. The summed E-state index contributed by atoms with van der Waals surface area (Å²) in [6, 6.07) is 10.2. The maximum absolute atomic E-state index is 13.0. The zero-order valence-corrected chi connectivity index (χ0v) is 24.2. The molecular weight excluding hydrogens is 514 g/mol. The van der Waals surface area contributed by atoms with Gasteiger partial charge >= 0.3 is 5.97 Å². The molecule has 10 nitrogen and oxygen atoms in total. The maximum atomic E-state index is 13.0. The lowest BCUT2D eigenvalue weighted by Gasteiger charge is -2.18. The third kappa shape index (κ3) is 12.4. The lowest BCUT2D eigenvalue weighted by Crippen LogP contribution is -2.35. The second kappa shape index (κ2) is 18.3. The van der Waals surface area contributed by atoms with E-state index in [1.54, 1.807) is 6.92 Å². The number of rotatable bonds is 22. The molecular formula is C30H45N3O7. The van der Waals surface area contributed by atoms with Crippen molar-refractivity contribution in [2.45, 2.75) is 65.5 Å². The first-order valence-electron chi connectivity index (χ1n) is 14.1. The van der Waals surface area contributed by atoms with Crippen LogP contribution in [-0.4, -0.2) is 84.6 Å². The topological polar surface area (TPSA) is 127 Å². The Morgan fingerprint density at radius 3 is 2.45 bits per heavy atom. The van der Waals surface area contributed by atoms with Gasteiger partial charge < -0.3 is 34.2 Å². The first-order chi connectivity index (χ1) is 19.2. The standard InChI is InChI=1S/C30H45N3O7/c1-4-32(3)22-26-20-24-9-5-6-10-28(24)33(26)15-13-27(35)21-25(11-12-29(36)37)30(38)31-14-17-40-19-18-39-16-7-8-23(2)34/h5-6,9-10,20,25H,4,7-8,11-19,21-22H2,1-3H3,(H,31,38)(H,36,37)/t25-/m1/s1. The lowest BCUT2D eigenvalue weighted by molar-refractivity contribution is -0.138. The monoisotopic (exact) mass is 559 g/mol. The number of carboxylic acids is 1. The minimum absolute atomic E-state index is 0.00251. The molecule has 10 heteroatoms. The number of carbonyl (C=O) groups is 4. The molecule has 2 N–H and O–H groups in total. The zero-order valence-electron chi connectivity index (χ0n) is 24.2. The first kappa shape index (κ1) is 33.1. The molecule has 40 heavy (non-hydrogen) atoms. The summed E-state index contributed by atoms with van der Waals surface area (Å²) in [7, 11) is 2.05. The second-order valence-corrected chi connectivity index (χ2v) is 10.1. The number of aromatic nitrogens is 1. The maximum Gasteiger partial charge on any atom is 0.303 e. The number of aryl methyl sites for hydroxylation is 1. The van der Waals surface area contributed by atoms with Crippen molar-refractivity contribution in [2.75, 3.05) is 46.6 Å². The Labute approximate surface area is 237 Å². The van der Waals surface area contributed by atoms with E-state index in [1.807, 2.05) is 18.2 Å². The van der Waals surface area contributed by atoms with Crippen LogP contribution in [0.5, 0.6) is 0 Å². The van der Waals surface area contributed by atoms with Gasteiger partial charge in [0.25, 0.3) is 0 Å². The predicted octanol–water partition coefficient (Wildman–Crippen LogP) is 3.44. The Hall–Kier alpha value is -3.08. The molecule has 1 amide bonds. The van der Waals surface area contributed by atoms with E-state index in [9.17, 15) is 19.2 Å². The molecule has 0 fully saturated rings. The van der Waals surface area contributed by atoms with Gasteiger partial charge in [-0.25, -0.2) is 0 Å². The van der Waals surface area contributed by atoms with Crippen molar-refractivity contribution in [1.82, 2.24) is 14.8 Å². The quantitative estimate of drug-likeness (QED) is 0.210. The third-order valence-electron chi connectivity index (χ3n) is 6.77. The van der Waals surface area contributed by atoms with Gasteiger partial charge in [-0.05, 0) is 50.9 Å². The van der Waals surface area contributed by atoms with E-state index in [-0.39, 0.29) is 56.3 Å².